The Balaban J connectivity index is 1.80. The van der Waals surface area contributed by atoms with Crippen molar-refractivity contribution in [3.63, 3.8) is 0 Å². The molecule has 126 valence electrons. The summed E-state index contributed by atoms with van der Waals surface area (Å²) in [4.78, 5) is 30.1. The molecular weight excluding hydrogens is 331 g/mol. The minimum Gasteiger partial charge on any atom is -0.289 e. The molecular formula is C19H12F3NO2. The lowest BCUT2D eigenvalue weighted by atomic mass is 9.77. The van der Waals surface area contributed by atoms with Crippen molar-refractivity contribution in [2.24, 2.45) is 11.8 Å². The Bertz CT molecular complexity index is 1020. The second-order valence-electron chi connectivity index (χ2n) is 6.97. The van der Waals surface area contributed by atoms with Crippen molar-refractivity contribution in [3.8, 4) is 0 Å². The van der Waals surface area contributed by atoms with Crippen molar-refractivity contribution in [1.82, 2.24) is 4.98 Å². The summed E-state index contributed by atoms with van der Waals surface area (Å²) in [6, 6.07) is 3.13. The zero-order chi connectivity index (χ0) is 17.5. The summed E-state index contributed by atoms with van der Waals surface area (Å²) < 4.78 is 39.2. The number of fused-ring (bicyclic) bond motifs is 7. The molecule has 1 aromatic heterocycles. The normalized spacial score (nSPS) is 24.9. The Kier molecular flexibility index (Phi) is 2.70. The maximum absolute atomic E-state index is 13.1. The molecule has 2 aromatic rings. The van der Waals surface area contributed by atoms with E-state index >= 15 is 0 Å². The molecule has 3 aliphatic rings. The van der Waals surface area contributed by atoms with Crippen LogP contribution in [0.4, 0.5) is 13.2 Å². The summed E-state index contributed by atoms with van der Waals surface area (Å²) >= 11 is 0. The monoisotopic (exact) mass is 343 g/mol. The number of hydrogen-bond acceptors (Lipinski definition) is 3. The third kappa shape index (κ3) is 1.85. The number of halogens is 3. The number of alkyl halides is 3. The smallest absolute Gasteiger partial charge is 0.289 e. The summed E-state index contributed by atoms with van der Waals surface area (Å²) in [6.07, 6.45) is -0.614. The van der Waals surface area contributed by atoms with E-state index in [1.165, 1.54) is 12.3 Å². The Morgan fingerprint density at radius 1 is 1.00 bits per heavy atom. The third-order valence-electron chi connectivity index (χ3n) is 5.70. The first-order chi connectivity index (χ1) is 11.9. The van der Waals surface area contributed by atoms with Gasteiger partial charge in [-0.25, -0.2) is 0 Å². The molecule has 5 rings (SSSR count). The van der Waals surface area contributed by atoms with Crippen molar-refractivity contribution in [3.05, 3.63) is 52.2 Å². The molecule has 2 atom stereocenters. The van der Waals surface area contributed by atoms with Gasteiger partial charge < -0.3 is 0 Å². The Hall–Kier alpha value is -2.50. The van der Waals surface area contributed by atoms with Crippen LogP contribution in [0.1, 0.15) is 45.5 Å². The van der Waals surface area contributed by atoms with Crippen LogP contribution in [0.3, 0.4) is 0 Å². The Labute approximate surface area is 140 Å². The van der Waals surface area contributed by atoms with Crippen LogP contribution in [-0.2, 0) is 6.18 Å². The fourth-order valence-corrected chi connectivity index (χ4v) is 4.63. The molecule has 1 saturated carbocycles. The van der Waals surface area contributed by atoms with Gasteiger partial charge in [-0.05, 0) is 49.3 Å². The number of carbonyl (C=O) groups is 2. The minimum absolute atomic E-state index is 0.0682. The predicted octanol–water partition coefficient (Wildman–Crippen LogP) is 4.36. The van der Waals surface area contributed by atoms with Gasteiger partial charge in [-0.15, -0.1) is 0 Å². The molecule has 0 N–H and O–H groups in total. The highest BCUT2D eigenvalue weighted by molar-refractivity contribution is 6.31. The number of allylic oxidation sites excluding steroid dienone is 2. The van der Waals surface area contributed by atoms with E-state index in [9.17, 15) is 22.8 Å². The van der Waals surface area contributed by atoms with Crippen LogP contribution < -0.4 is 0 Å². The third-order valence-corrected chi connectivity index (χ3v) is 5.70. The number of pyridine rings is 1. The van der Waals surface area contributed by atoms with Gasteiger partial charge >= 0.3 is 6.18 Å². The van der Waals surface area contributed by atoms with E-state index in [0.29, 0.717) is 16.7 Å². The number of aromatic nitrogens is 1. The SMILES string of the molecule is O=C1C2=C(C(=O)c3c1cnc1ccc(C(F)(F)F)cc31)C1CCC2C1. The topological polar surface area (TPSA) is 47.0 Å². The molecule has 6 heteroatoms. The lowest BCUT2D eigenvalue weighted by molar-refractivity contribution is -0.137. The molecule has 0 radical (unpaired) electrons. The van der Waals surface area contributed by atoms with E-state index in [-0.39, 0.29) is 39.9 Å². The first-order valence-electron chi connectivity index (χ1n) is 8.19. The highest BCUT2D eigenvalue weighted by atomic mass is 19.4. The van der Waals surface area contributed by atoms with Crippen molar-refractivity contribution in [2.45, 2.75) is 25.4 Å². The van der Waals surface area contributed by atoms with Gasteiger partial charge in [0, 0.05) is 28.3 Å². The molecule has 1 heterocycles. The zero-order valence-corrected chi connectivity index (χ0v) is 13.0. The van der Waals surface area contributed by atoms with Crippen molar-refractivity contribution in [2.75, 3.05) is 0 Å². The molecule has 1 aromatic carbocycles. The van der Waals surface area contributed by atoms with Gasteiger partial charge in [0.05, 0.1) is 16.6 Å². The van der Waals surface area contributed by atoms with Gasteiger partial charge in [-0.2, -0.15) is 13.2 Å². The number of carbonyl (C=O) groups excluding carboxylic acids is 2. The number of rotatable bonds is 0. The number of ketones is 2. The highest BCUT2D eigenvalue weighted by Gasteiger charge is 2.48. The quantitative estimate of drug-likeness (QED) is 0.714. The van der Waals surface area contributed by atoms with Crippen molar-refractivity contribution >= 4 is 22.5 Å². The van der Waals surface area contributed by atoms with E-state index in [0.717, 1.165) is 31.4 Å². The standard InChI is InChI=1S/C19H12F3NO2/c20-19(21,22)10-3-4-13-11(6-10)16-12(7-23-13)17(24)14-8-1-2-9(5-8)15(14)18(16)25/h3-4,6-9H,1-2,5H2. The minimum atomic E-state index is -4.52. The molecule has 0 amide bonds. The molecule has 25 heavy (non-hydrogen) atoms. The second-order valence-corrected chi connectivity index (χ2v) is 6.97. The molecule has 0 saturated heterocycles. The van der Waals surface area contributed by atoms with Crippen LogP contribution in [0.25, 0.3) is 10.9 Å². The number of Topliss-reactive ketones (excluding diaryl/α,β-unsaturated/α-hetero) is 2. The van der Waals surface area contributed by atoms with Gasteiger partial charge in [0.1, 0.15) is 0 Å². The largest absolute Gasteiger partial charge is 0.416 e. The maximum Gasteiger partial charge on any atom is 0.416 e. The molecule has 0 aliphatic heterocycles. The number of hydrogen-bond donors (Lipinski definition) is 0. The van der Waals surface area contributed by atoms with Gasteiger partial charge in [0.25, 0.3) is 0 Å². The van der Waals surface area contributed by atoms with Gasteiger partial charge in [0.2, 0.25) is 0 Å². The molecule has 1 fully saturated rings. The van der Waals surface area contributed by atoms with Crippen LogP contribution in [0, 0.1) is 11.8 Å². The molecule has 2 unspecified atom stereocenters. The van der Waals surface area contributed by atoms with Crippen LogP contribution in [0.15, 0.2) is 35.5 Å². The molecule has 3 nitrogen and oxygen atoms in total. The van der Waals surface area contributed by atoms with E-state index in [4.69, 9.17) is 0 Å². The molecule has 0 spiro atoms. The zero-order valence-electron chi connectivity index (χ0n) is 13.0. The maximum atomic E-state index is 13.1. The van der Waals surface area contributed by atoms with E-state index in [1.54, 1.807) is 0 Å². The van der Waals surface area contributed by atoms with Gasteiger partial charge in [-0.3, -0.25) is 14.6 Å². The van der Waals surface area contributed by atoms with Crippen molar-refractivity contribution < 1.29 is 22.8 Å². The second kappa shape index (κ2) is 4.56. The number of nitrogens with zero attached hydrogens (tertiary/aromatic N) is 1. The Morgan fingerprint density at radius 2 is 1.68 bits per heavy atom. The van der Waals surface area contributed by atoms with Crippen LogP contribution in [0.2, 0.25) is 0 Å². The first kappa shape index (κ1) is 14.8. The lowest BCUT2D eigenvalue weighted by Crippen LogP contribution is -2.26. The predicted molar refractivity (Wildman–Crippen MR) is 83.3 cm³/mol. The lowest BCUT2D eigenvalue weighted by Gasteiger charge is -2.25. The summed E-state index contributed by atoms with van der Waals surface area (Å²) in [6.45, 7) is 0. The summed E-state index contributed by atoms with van der Waals surface area (Å²) in [5.41, 5.74) is 0.805. The summed E-state index contributed by atoms with van der Waals surface area (Å²) in [5.74, 6) is -0.340. The van der Waals surface area contributed by atoms with E-state index in [2.05, 4.69) is 4.98 Å². The summed E-state index contributed by atoms with van der Waals surface area (Å²) in [5, 5.41) is 0.111. The van der Waals surface area contributed by atoms with Gasteiger partial charge in [0.15, 0.2) is 11.6 Å². The van der Waals surface area contributed by atoms with Crippen LogP contribution in [-0.4, -0.2) is 16.6 Å². The Morgan fingerprint density at radius 3 is 2.36 bits per heavy atom. The fraction of sp³-hybridized carbons (Fsp3) is 0.316. The fourth-order valence-electron chi connectivity index (χ4n) is 4.63. The van der Waals surface area contributed by atoms with Crippen LogP contribution >= 0.6 is 0 Å². The van der Waals surface area contributed by atoms with Crippen molar-refractivity contribution in [1.29, 1.82) is 0 Å². The van der Waals surface area contributed by atoms with E-state index < -0.39 is 11.7 Å². The summed E-state index contributed by atoms with van der Waals surface area (Å²) in [7, 11) is 0. The van der Waals surface area contributed by atoms with Gasteiger partial charge in [-0.1, -0.05) is 0 Å². The first-order valence-corrected chi connectivity index (χ1v) is 8.19. The molecule has 2 bridgehead atoms. The van der Waals surface area contributed by atoms with Crippen LogP contribution in [0.5, 0.6) is 0 Å². The van der Waals surface area contributed by atoms with E-state index in [1.807, 2.05) is 0 Å². The average Bonchev–Trinajstić information content (AvgIpc) is 3.19. The molecule has 3 aliphatic carbocycles. The highest BCUT2D eigenvalue weighted by Crippen LogP contribution is 2.53. The average molecular weight is 343 g/mol. The number of benzene rings is 1.